The van der Waals surface area contributed by atoms with Crippen molar-refractivity contribution in [2.24, 2.45) is 0 Å². The predicted molar refractivity (Wildman–Crippen MR) is 84.5 cm³/mol. The van der Waals surface area contributed by atoms with E-state index in [0.717, 1.165) is 6.42 Å². The van der Waals surface area contributed by atoms with Crippen LogP contribution in [0.3, 0.4) is 0 Å². The quantitative estimate of drug-likeness (QED) is 0.848. The van der Waals surface area contributed by atoms with Crippen molar-refractivity contribution in [1.82, 2.24) is 4.31 Å². The Balaban J connectivity index is 3.24. The van der Waals surface area contributed by atoms with Gasteiger partial charge in [0.2, 0.25) is 10.0 Å². The first kappa shape index (κ1) is 17.7. The molecule has 0 aliphatic carbocycles. The van der Waals surface area contributed by atoms with E-state index < -0.39 is 10.0 Å². The van der Waals surface area contributed by atoms with E-state index in [1.165, 1.54) is 4.31 Å². The van der Waals surface area contributed by atoms with Gasteiger partial charge in [0.1, 0.15) is 0 Å². The van der Waals surface area contributed by atoms with E-state index in [1.807, 2.05) is 13.8 Å². The van der Waals surface area contributed by atoms with Gasteiger partial charge in [-0.25, -0.2) is 8.42 Å². The van der Waals surface area contributed by atoms with E-state index >= 15 is 0 Å². The first-order valence-electron chi connectivity index (χ1n) is 7.03. The second kappa shape index (κ2) is 7.60. The average Bonchev–Trinajstić information content (AvgIpc) is 2.47. The van der Waals surface area contributed by atoms with Crippen LogP contribution >= 0.6 is 0 Å². The minimum atomic E-state index is -3.52. The number of hydrogen-bond donors (Lipinski definition) is 1. The van der Waals surface area contributed by atoms with Gasteiger partial charge in [-0.2, -0.15) is 4.31 Å². The normalized spacial score (nSPS) is 12.9. The molecule has 0 radical (unpaired) electrons. The van der Waals surface area contributed by atoms with Gasteiger partial charge in [0.05, 0.1) is 11.5 Å². The highest BCUT2D eigenvalue weighted by Crippen LogP contribution is 2.22. The van der Waals surface area contributed by atoms with Crippen LogP contribution in [0.2, 0.25) is 0 Å². The van der Waals surface area contributed by atoms with Crippen LogP contribution < -0.4 is 0 Å². The first-order valence-corrected chi connectivity index (χ1v) is 8.47. The number of hydrogen-bond acceptors (Lipinski definition) is 3. The van der Waals surface area contributed by atoms with Crippen LogP contribution in [0.25, 0.3) is 0 Å². The molecule has 0 aliphatic heterocycles. The second-order valence-corrected chi connectivity index (χ2v) is 7.00. The van der Waals surface area contributed by atoms with Gasteiger partial charge in [-0.3, -0.25) is 0 Å². The number of sulfonamides is 1. The SMILES string of the molecule is CCC(C)N(C)S(=O)(=O)c1cc(C#CCCO)ccc1C. The lowest BCUT2D eigenvalue weighted by atomic mass is 10.1. The lowest BCUT2D eigenvalue weighted by Crippen LogP contribution is -2.35. The molecule has 116 valence electrons. The number of aryl methyl sites for hydroxylation is 1. The van der Waals surface area contributed by atoms with E-state index in [2.05, 4.69) is 11.8 Å². The number of rotatable bonds is 5. The minimum Gasteiger partial charge on any atom is -0.395 e. The molecule has 1 atom stereocenters. The predicted octanol–water partition coefficient (Wildman–Crippen LogP) is 2.15. The second-order valence-electron chi connectivity index (χ2n) is 5.03. The van der Waals surface area contributed by atoms with Gasteiger partial charge in [0, 0.05) is 25.1 Å². The zero-order valence-electron chi connectivity index (χ0n) is 13.0. The number of benzene rings is 1. The molecule has 0 saturated carbocycles. The fourth-order valence-corrected chi connectivity index (χ4v) is 3.51. The van der Waals surface area contributed by atoms with Gasteiger partial charge in [-0.05, 0) is 38.0 Å². The highest BCUT2D eigenvalue weighted by Gasteiger charge is 2.26. The Hall–Kier alpha value is -1.35. The maximum Gasteiger partial charge on any atom is 0.243 e. The Bertz CT molecular complexity index is 641. The van der Waals surface area contributed by atoms with E-state index in [4.69, 9.17) is 5.11 Å². The lowest BCUT2D eigenvalue weighted by molar-refractivity contribution is 0.305. The molecule has 0 spiro atoms. The van der Waals surface area contributed by atoms with Crippen molar-refractivity contribution < 1.29 is 13.5 Å². The van der Waals surface area contributed by atoms with Crippen molar-refractivity contribution in [1.29, 1.82) is 0 Å². The Labute approximate surface area is 127 Å². The summed E-state index contributed by atoms with van der Waals surface area (Å²) in [6, 6.07) is 5.11. The van der Waals surface area contributed by atoms with E-state index in [0.29, 0.717) is 22.4 Å². The summed E-state index contributed by atoms with van der Waals surface area (Å²) in [7, 11) is -1.91. The van der Waals surface area contributed by atoms with Crippen LogP contribution in [0.4, 0.5) is 0 Å². The Morgan fingerprint density at radius 2 is 2.05 bits per heavy atom. The van der Waals surface area contributed by atoms with Crippen molar-refractivity contribution in [3.8, 4) is 11.8 Å². The van der Waals surface area contributed by atoms with Gasteiger partial charge < -0.3 is 5.11 Å². The molecule has 0 heterocycles. The fraction of sp³-hybridized carbons (Fsp3) is 0.500. The standard InChI is InChI=1S/C16H23NO3S/c1-5-14(3)17(4)21(19,20)16-12-15(8-6-7-11-18)10-9-13(16)2/h9-10,12,14,18H,5,7,11H2,1-4H3. The molecule has 0 bridgehead atoms. The maximum atomic E-state index is 12.7. The van der Waals surface area contributed by atoms with Crippen LogP contribution in [0.5, 0.6) is 0 Å². The van der Waals surface area contributed by atoms with Crippen molar-refractivity contribution >= 4 is 10.0 Å². The van der Waals surface area contributed by atoms with Gasteiger partial charge in [0.15, 0.2) is 0 Å². The highest BCUT2D eigenvalue weighted by molar-refractivity contribution is 7.89. The van der Waals surface area contributed by atoms with Crippen molar-refractivity contribution in [2.45, 2.75) is 44.6 Å². The van der Waals surface area contributed by atoms with E-state index in [1.54, 1.807) is 32.2 Å². The fourth-order valence-electron chi connectivity index (χ4n) is 1.83. The molecule has 21 heavy (non-hydrogen) atoms. The van der Waals surface area contributed by atoms with Gasteiger partial charge in [0.25, 0.3) is 0 Å². The molecule has 1 aromatic rings. The summed E-state index contributed by atoms with van der Waals surface area (Å²) < 4.78 is 26.7. The van der Waals surface area contributed by atoms with Gasteiger partial charge in [-0.1, -0.05) is 24.8 Å². The largest absolute Gasteiger partial charge is 0.395 e. The topological polar surface area (TPSA) is 57.6 Å². The molecular formula is C16H23NO3S. The molecular weight excluding hydrogens is 286 g/mol. The average molecular weight is 309 g/mol. The summed E-state index contributed by atoms with van der Waals surface area (Å²) in [5, 5.41) is 8.73. The van der Waals surface area contributed by atoms with Crippen molar-refractivity contribution in [3.05, 3.63) is 29.3 Å². The van der Waals surface area contributed by atoms with Crippen molar-refractivity contribution in [2.75, 3.05) is 13.7 Å². The van der Waals surface area contributed by atoms with E-state index in [9.17, 15) is 8.42 Å². The molecule has 1 N–H and O–H groups in total. The van der Waals surface area contributed by atoms with Crippen LogP contribution in [-0.4, -0.2) is 37.5 Å². The summed E-state index contributed by atoms with van der Waals surface area (Å²) in [5.74, 6) is 5.68. The third-order valence-electron chi connectivity index (χ3n) is 3.53. The molecule has 0 aromatic heterocycles. The monoisotopic (exact) mass is 309 g/mol. The Morgan fingerprint density at radius 3 is 2.62 bits per heavy atom. The summed E-state index contributed by atoms with van der Waals surface area (Å²) in [4.78, 5) is 0.293. The van der Waals surface area contributed by atoms with E-state index in [-0.39, 0.29) is 12.6 Å². The summed E-state index contributed by atoms with van der Waals surface area (Å²) in [6.07, 6.45) is 1.13. The number of aliphatic hydroxyl groups is 1. The van der Waals surface area contributed by atoms with Gasteiger partial charge in [-0.15, -0.1) is 0 Å². The summed E-state index contributed by atoms with van der Waals surface area (Å²) in [5.41, 5.74) is 1.35. The molecule has 0 aliphatic rings. The molecule has 0 fully saturated rings. The Kier molecular flexibility index (Phi) is 6.41. The number of nitrogens with zero attached hydrogens (tertiary/aromatic N) is 1. The maximum absolute atomic E-state index is 12.7. The molecule has 1 aromatic carbocycles. The molecule has 1 rings (SSSR count). The Morgan fingerprint density at radius 1 is 1.38 bits per heavy atom. The van der Waals surface area contributed by atoms with Crippen LogP contribution in [-0.2, 0) is 10.0 Å². The molecule has 4 nitrogen and oxygen atoms in total. The van der Waals surface area contributed by atoms with Crippen molar-refractivity contribution in [3.63, 3.8) is 0 Å². The lowest BCUT2D eigenvalue weighted by Gasteiger charge is -2.24. The van der Waals surface area contributed by atoms with Crippen LogP contribution in [0.15, 0.2) is 23.1 Å². The molecule has 1 unspecified atom stereocenters. The third kappa shape index (κ3) is 4.31. The molecule has 5 heteroatoms. The first-order chi connectivity index (χ1) is 9.84. The smallest absolute Gasteiger partial charge is 0.243 e. The zero-order chi connectivity index (χ0) is 16.0. The van der Waals surface area contributed by atoms with Crippen LogP contribution in [0, 0.1) is 18.8 Å². The van der Waals surface area contributed by atoms with Crippen LogP contribution in [0.1, 0.15) is 37.8 Å². The zero-order valence-corrected chi connectivity index (χ0v) is 13.9. The third-order valence-corrected chi connectivity index (χ3v) is 5.64. The minimum absolute atomic E-state index is 0.000763. The number of aliphatic hydroxyl groups excluding tert-OH is 1. The summed E-state index contributed by atoms with van der Waals surface area (Å²) >= 11 is 0. The highest BCUT2D eigenvalue weighted by atomic mass is 32.2. The molecule has 0 amide bonds. The summed E-state index contributed by atoms with van der Waals surface area (Å²) in [6.45, 7) is 5.63. The van der Waals surface area contributed by atoms with Gasteiger partial charge >= 0.3 is 0 Å². The molecule has 0 saturated heterocycles.